The number of benzene rings is 1. The molecule has 4 heteroatoms. The van der Waals surface area contributed by atoms with Crippen LogP contribution in [-0.4, -0.2) is 48.6 Å². The highest BCUT2D eigenvalue weighted by Gasteiger charge is 2.34. The number of carbonyl (C=O) groups is 1. The Morgan fingerprint density at radius 3 is 2.79 bits per heavy atom. The van der Waals surface area contributed by atoms with E-state index in [1.54, 1.807) is 0 Å². The maximum Gasteiger partial charge on any atom is 0.245 e. The summed E-state index contributed by atoms with van der Waals surface area (Å²) >= 11 is 0. The van der Waals surface area contributed by atoms with Crippen LogP contribution in [0.1, 0.15) is 24.4 Å². The monoisotopic (exact) mass is 259 g/mol. The SMILES string of the molecule is CN1CCCC1CN1CNC(c2ccccc2)C1=O. The second-order valence-corrected chi connectivity index (χ2v) is 5.54. The summed E-state index contributed by atoms with van der Waals surface area (Å²) in [6.45, 7) is 2.68. The number of amides is 1. The Bertz CT molecular complexity index is 448. The zero-order valence-electron chi connectivity index (χ0n) is 11.4. The fourth-order valence-corrected chi connectivity index (χ4v) is 3.07. The smallest absolute Gasteiger partial charge is 0.245 e. The van der Waals surface area contributed by atoms with Crippen molar-refractivity contribution in [1.82, 2.24) is 15.1 Å². The third-order valence-electron chi connectivity index (χ3n) is 4.28. The number of carbonyl (C=O) groups excluding carboxylic acids is 1. The second-order valence-electron chi connectivity index (χ2n) is 5.54. The lowest BCUT2D eigenvalue weighted by atomic mass is 10.1. The van der Waals surface area contributed by atoms with Crippen LogP contribution in [0, 0.1) is 0 Å². The Labute approximate surface area is 114 Å². The number of hydrogen-bond donors (Lipinski definition) is 1. The molecule has 2 heterocycles. The van der Waals surface area contributed by atoms with Crippen LogP contribution in [0.15, 0.2) is 30.3 Å². The van der Waals surface area contributed by atoms with Crippen LogP contribution in [0.3, 0.4) is 0 Å². The zero-order valence-corrected chi connectivity index (χ0v) is 11.4. The van der Waals surface area contributed by atoms with Crippen molar-refractivity contribution in [2.24, 2.45) is 0 Å². The third-order valence-corrected chi connectivity index (χ3v) is 4.28. The number of likely N-dealkylation sites (tertiary alicyclic amines) is 1. The van der Waals surface area contributed by atoms with E-state index in [4.69, 9.17) is 0 Å². The fraction of sp³-hybridized carbons (Fsp3) is 0.533. The van der Waals surface area contributed by atoms with E-state index >= 15 is 0 Å². The Hall–Kier alpha value is -1.39. The summed E-state index contributed by atoms with van der Waals surface area (Å²) in [6, 6.07) is 10.3. The molecule has 0 aliphatic carbocycles. The van der Waals surface area contributed by atoms with Gasteiger partial charge in [0.25, 0.3) is 0 Å². The average molecular weight is 259 g/mol. The standard InChI is InChI=1S/C15H21N3O/c1-17-9-5-8-13(17)10-18-11-16-14(15(18)19)12-6-3-2-4-7-12/h2-4,6-7,13-14,16H,5,8-11H2,1H3. The molecule has 2 saturated heterocycles. The number of hydrogen-bond acceptors (Lipinski definition) is 3. The third kappa shape index (κ3) is 2.51. The first kappa shape index (κ1) is 12.6. The molecule has 1 aromatic rings. The summed E-state index contributed by atoms with van der Waals surface area (Å²) in [5.41, 5.74) is 1.06. The van der Waals surface area contributed by atoms with E-state index in [1.807, 2.05) is 35.2 Å². The largest absolute Gasteiger partial charge is 0.327 e. The lowest BCUT2D eigenvalue weighted by molar-refractivity contribution is -0.129. The molecule has 1 N–H and O–H groups in total. The topological polar surface area (TPSA) is 35.6 Å². The fourth-order valence-electron chi connectivity index (χ4n) is 3.07. The molecule has 0 saturated carbocycles. The first-order valence-electron chi connectivity index (χ1n) is 7.03. The van der Waals surface area contributed by atoms with Crippen molar-refractivity contribution in [3.63, 3.8) is 0 Å². The van der Waals surface area contributed by atoms with E-state index in [2.05, 4.69) is 17.3 Å². The number of likely N-dealkylation sites (N-methyl/N-ethyl adjacent to an activating group) is 1. The molecule has 19 heavy (non-hydrogen) atoms. The normalized spacial score (nSPS) is 28.3. The Kier molecular flexibility index (Phi) is 3.53. The van der Waals surface area contributed by atoms with Crippen molar-refractivity contribution in [3.8, 4) is 0 Å². The Morgan fingerprint density at radius 1 is 1.32 bits per heavy atom. The molecule has 3 rings (SSSR count). The van der Waals surface area contributed by atoms with Crippen LogP contribution < -0.4 is 5.32 Å². The molecule has 2 unspecified atom stereocenters. The lowest BCUT2D eigenvalue weighted by Gasteiger charge is -2.25. The number of nitrogens with one attached hydrogen (secondary N) is 1. The highest BCUT2D eigenvalue weighted by atomic mass is 16.2. The molecule has 102 valence electrons. The van der Waals surface area contributed by atoms with Crippen LogP contribution in [-0.2, 0) is 4.79 Å². The van der Waals surface area contributed by atoms with Gasteiger partial charge in [0, 0.05) is 12.6 Å². The molecule has 0 aromatic heterocycles. The maximum absolute atomic E-state index is 12.4. The Balaban J connectivity index is 1.65. The Morgan fingerprint density at radius 2 is 2.11 bits per heavy atom. The molecule has 1 aromatic carbocycles. The van der Waals surface area contributed by atoms with E-state index in [-0.39, 0.29) is 11.9 Å². The van der Waals surface area contributed by atoms with Crippen molar-refractivity contribution in [3.05, 3.63) is 35.9 Å². The van der Waals surface area contributed by atoms with Gasteiger partial charge in [0.1, 0.15) is 6.04 Å². The van der Waals surface area contributed by atoms with Gasteiger partial charge in [0.2, 0.25) is 5.91 Å². The molecule has 2 atom stereocenters. The zero-order chi connectivity index (χ0) is 13.2. The minimum atomic E-state index is -0.159. The minimum Gasteiger partial charge on any atom is -0.327 e. The van der Waals surface area contributed by atoms with Crippen molar-refractivity contribution in [2.45, 2.75) is 24.9 Å². The summed E-state index contributed by atoms with van der Waals surface area (Å²) in [5.74, 6) is 0.214. The van der Waals surface area contributed by atoms with E-state index in [0.717, 1.165) is 18.7 Å². The van der Waals surface area contributed by atoms with Crippen molar-refractivity contribution in [1.29, 1.82) is 0 Å². The van der Waals surface area contributed by atoms with Crippen LogP contribution in [0.4, 0.5) is 0 Å². The lowest BCUT2D eigenvalue weighted by Crippen LogP contribution is -2.39. The van der Waals surface area contributed by atoms with E-state index < -0.39 is 0 Å². The van der Waals surface area contributed by atoms with Gasteiger partial charge < -0.3 is 9.80 Å². The average Bonchev–Trinajstić information content (AvgIpc) is 2.99. The number of rotatable bonds is 3. The first-order chi connectivity index (χ1) is 9.25. The van der Waals surface area contributed by atoms with Crippen molar-refractivity contribution >= 4 is 5.91 Å². The molecular formula is C15H21N3O. The highest BCUT2D eigenvalue weighted by molar-refractivity contribution is 5.85. The van der Waals surface area contributed by atoms with E-state index in [0.29, 0.717) is 12.7 Å². The van der Waals surface area contributed by atoms with E-state index in [1.165, 1.54) is 12.8 Å². The van der Waals surface area contributed by atoms with Gasteiger partial charge in [-0.1, -0.05) is 30.3 Å². The first-order valence-corrected chi connectivity index (χ1v) is 7.03. The van der Waals surface area contributed by atoms with Gasteiger partial charge in [-0.05, 0) is 32.0 Å². The molecule has 0 spiro atoms. The van der Waals surface area contributed by atoms with Gasteiger partial charge >= 0.3 is 0 Å². The van der Waals surface area contributed by atoms with Gasteiger partial charge in [-0.3, -0.25) is 10.1 Å². The quantitative estimate of drug-likeness (QED) is 0.886. The van der Waals surface area contributed by atoms with Gasteiger partial charge in [0.15, 0.2) is 0 Å². The maximum atomic E-state index is 12.4. The summed E-state index contributed by atoms with van der Waals surface area (Å²) in [6.07, 6.45) is 2.45. The summed E-state index contributed by atoms with van der Waals surface area (Å²) < 4.78 is 0. The van der Waals surface area contributed by atoms with Crippen LogP contribution in [0.5, 0.6) is 0 Å². The molecular weight excluding hydrogens is 238 g/mol. The predicted octanol–water partition coefficient (Wildman–Crippen LogP) is 1.21. The van der Waals surface area contributed by atoms with Crippen LogP contribution >= 0.6 is 0 Å². The highest BCUT2D eigenvalue weighted by Crippen LogP contribution is 2.23. The van der Waals surface area contributed by atoms with Gasteiger partial charge in [-0.2, -0.15) is 0 Å². The summed E-state index contributed by atoms with van der Waals surface area (Å²) in [5, 5.41) is 3.32. The molecule has 4 nitrogen and oxygen atoms in total. The van der Waals surface area contributed by atoms with Gasteiger partial charge in [-0.15, -0.1) is 0 Å². The molecule has 1 amide bonds. The molecule has 0 bridgehead atoms. The molecule has 0 radical (unpaired) electrons. The second kappa shape index (κ2) is 5.31. The number of nitrogens with zero attached hydrogens (tertiary/aromatic N) is 2. The molecule has 2 fully saturated rings. The molecule has 2 aliphatic heterocycles. The van der Waals surface area contributed by atoms with Crippen molar-refractivity contribution < 1.29 is 4.79 Å². The van der Waals surface area contributed by atoms with Gasteiger partial charge in [0.05, 0.1) is 6.67 Å². The van der Waals surface area contributed by atoms with Crippen LogP contribution in [0.25, 0.3) is 0 Å². The van der Waals surface area contributed by atoms with Crippen LogP contribution in [0.2, 0.25) is 0 Å². The van der Waals surface area contributed by atoms with E-state index in [9.17, 15) is 4.79 Å². The van der Waals surface area contributed by atoms with Crippen molar-refractivity contribution in [2.75, 3.05) is 26.8 Å². The summed E-state index contributed by atoms with van der Waals surface area (Å²) in [4.78, 5) is 16.8. The minimum absolute atomic E-state index is 0.159. The van der Waals surface area contributed by atoms with Gasteiger partial charge in [-0.25, -0.2) is 0 Å². The summed E-state index contributed by atoms with van der Waals surface area (Å²) in [7, 11) is 2.15. The predicted molar refractivity (Wildman–Crippen MR) is 74.6 cm³/mol. The molecule has 2 aliphatic rings.